The highest BCUT2D eigenvalue weighted by Crippen LogP contribution is 2.26. The molecule has 1 atom stereocenters. The molecule has 1 heterocycles. The maximum Gasteiger partial charge on any atom is 0.253 e. The molecule has 1 aromatic heterocycles. The van der Waals surface area contributed by atoms with Crippen LogP contribution in [-0.4, -0.2) is 18.0 Å². The largest absolute Gasteiger partial charge is 0.496 e. The molecule has 1 unspecified atom stereocenters. The van der Waals surface area contributed by atoms with Crippen molar-refractivity contribution in [3.05, 3.63) is 57.8 Å². The van der Waals surface area contributed by atoms with Crippen LogP contribution in [0.1, 0.15) is 34.5 Å². The van der Waals surface area contributed by atoms with Crippen molar-refractivity contribution < 1.29 is 9.53 Å². The van der Waals surface area contributed by atoms with Gasteiger partial charge in [-0.3, -0.25) is 4.79 Å². The van der Waals surface area contributed by atoms with Gasteiger partial charge in [0.1, 0.15) is 10.4 Å². The molecule has 0 saturated carbocycles. The topological polar surface area (TPSA) is 51.2 Å². The van der Waals surface area contributed by atoms with Crippen molar-refractivity contribution in [3.8, 4) is 5.75 Å². The highest BCUT2D eigenvalue weighted by Gasteiger charge is 2.15. The summed E-state index contributed by atoms with van der Waals surface area (Å²) in [5.41, 5.74) is 2.60. The van der Waals surface area contributed by atoms with Crippen molar-refractivity contribution in [2.45, 2.75) is 19.9 Å². The number of carbonyl (C=O) groups excluding carboxylic acids is 1. The molecule has 2 aromatic rings. The fourth-order valence-corrected chi connectivity index (χ4v) is 2.29. The molecular formula is C16H17BrN2O2. The Morgan fingerprint density at radius 3 is 2.71 bits per heavy atom. The van der Waals surface area contributed by atoms with Crippen molar-refractivity contribution in [2.75, 3.05) is 7.11 Å². The number of nitrogens with one attached hydrogen (secondary N) is 1. The van der Waals surface area contributed by atoms with Crippen molar-refractivity contribution in [2.24, 2.45) is 0 Å². The third-order valence-corrected chi connectivity index (χ3v) is 3.66. The van der Waals surface area contributed by atoms with Gasteiger partial charge in [-0.25, -0.2) is 4.98 Å². The molecule has 0 spiro atoms. The number of aromatic nitrogens is 1. The summed E-state index contributed by atoms with van der Waals surface area (Å²) in [6.45, 7) is 3.94. The number of amides is 1. The molecule has 110 valence electrons. The maximum absolute atomic E-state index is 12.2. The van der Waals surface area contributed by atoms with Gasteiger partial charge in [0.15, 0.2) is 0 Å². The summed E-state index contributed by atoms with van der Waals surface area (Å²) in [6.07, 6.45) is 1.54. The van der Waals surface area contributed by atoms with Gasteiger partial charge in [0, 0.05) is 11.8 Å². The number of hydrogen-bond acceptors (Lipinski definition) is 3. The fourth-order valence-electron chi connectivity index (χ4n) is 2.06. The second kappa shape index (κ2) is 6.72. The van der Waals surface area contributed by atoms with E-state index in [0.29, 0.717) is 10.2 Å². The Hall–Kier alpha value is -1.88. The van der Waals surface area contributed by atoms with Crippen LogP contribution < -0.4 is 10.1 Å². The SMILES string of the molecule is COc1ccc(C)cc1C(C)NC(=O)c1ccc(Br)nc1. The van der Waals surface area contributed by atoms with Crippen LogP contribution in [0.2, 0.25) is 0 Å². The highest BCUT2D eigenvalue weighted by atomic mass is 79.9. The molecule has 21 heavy (non-hydrogen) atoms. The average molecular weight is 349 g/mol. The maximum atomic E-state index is 12.2. The molecule has 0 aliphatic heterocycles. The number of hydrogen-bond donors (Lipinski definition) is 1. The summed E-state index contributed by atoms with van der Waals surface area (Å²) in [5, 5.41) is 2.96. The smallest absolute Gasteiger partial charge is 0.253 e. The number of pyridine rings is 1. The Morgan fingerprint density at radius 2 is 2.10 bits per heavy atom. The Morgan fingerprint density at radius 1 is 1.33 bits per heavy atom. The van der Waals surface area contributed by atoms with Crippen LogP contribution in [0.15, 0.2) is 41.1 Å². The van der Waals surface area contributed by atoms with Gasteiger partial charge < -0.3 is 10.1 Å². The van der Waals surface area contributed by atoms with E-state index >= 15 is 0 Å². The first-order chi connectivity index (χ1) is 10.0. The molecule has 1 amide bonds. The summed E-state index contributed by atoms with van der Waals surface area (Å²) >= 11 is 3.25. The summed E-state index contributed by atoms with van der Waals surface area (Å²) < 4.78 is 6.06. The minimum absolute atomic E-state index is 0.156. The Balaban J connectivity index is 2.17. The van der Waals surface area contributed by atoms with Gasteiger partial charge in [0.25, 0.3) is 5.91 Å². The fraction of sp³-hybridized carbons (Fsp3) is 0.250. The van der Waals surface area contributed by atoms with E-state index in [9.17, 15) is 4.79 Å². The van der Waals surface area contributed by atoms with Gasteiger partial charge in [-0.05, 0) is 48.0 Å². The van der Waals surface area contributed by atoms with Gasteiger partial charge in [-0.15, -0.1) is 0 Å². The first kappa shape index (κ1) is 15.5. The monoisotopic (exact) mass is 348 g/mol. The number of halogens is 1. The van der Waals surface area contributed by atoms with Gasteiger partial charge in [-0.2, -0.15) is 0 Å². The lowest BCUT2D eigenvalue weighted by Crippen LogP contribution is -2.27. The Bertz CT molecular complexity index is 641. The molecule has 4 nitrogen and oxygen atoms in total. The van der Waals surface area contributed by atoms with E-state index in [1.54, 1.807) is 25.4 Å². The molecule has 0 aliphatic rings. The van der Waals surface area contributed by atoms with E-state index in [0.717, 1.165) is 16.9 Å². The van der Waals surface area contributed by atoms with Crippen LogP contribution >= 0.6 is 15.9 Å². The predicted octanol–water partition coefficient (Wildman–Crippen LogP) is 3.65. The van der Waals surface area contributed by atoms with E-state index in [4.69, 9.17) is 4.74 Å². The van der Waals surface area contributed by atoms with E-state index in [1.165, 1.54) is 0 Å². The number of carbonyl (C=O) groups is 1. The third-order valence-electron chi connectivity index (χ3n) is 3.19. The van der Waals surface area contributed by atoms with Crippen molar-refractivity contribution in [1.82, 2.24) is 10.3 Å². The summed E-state index contributed by atoms with van der Waals surface area (Å²) in [6, 6.07) is 9.23. The number of rotatable bonds is 4. The standard InChI is InChI=1S/C16H17BrN2O2/c1-10-4-6-14(21-3)13(8-10)11(2)19-16(20)12-5-7-15(17)18-9-12/h4-9,11H,1-3H3,(H,19,20). The number of benzene rings is 1. The zero-order chi connectivity index (χ0) is 15.4. The minimum Gasteiger partial charge on any atom is -0.496 e. The second-order valence-electron chi connectivity index (χ2n) is 4.81. The molecule has 1 aromatic carbocycles. The molecule has 0 fully saturated rings. The first-order valence-corrected chi connectivity index (χ1v) is 7.37. The van der Waals surface area contributed by atoms with Crippen LogP contribution in [0.25, 0.3) is 0 Å². The minimum atomic E-state index is -0.161. The van der Waals surface area contributed by atoms with E-state index in [1.807, 2.05) is 32.0 Å². The third kappa shape index (κ3) is 3.82. The molecule has 2 rings (SSSR count). The lowest BCUT2D eigenvalue weighted by atomic mass is 10.0. The average Bonchev–Trinajstić information content (AvgIpc) is 2.47. The highest BCUT2D eigenvalue weighted by molar-refractivity contribution is 9.10. The van der Waals surface area contributed by atoms with E-state index < -0.39 is 0 Å². The van der Waals surface area contributed by atoms with E-state index in [-0.39, 0.29) is 11.9 Å². The zero-order valence-corrected chi connectivity index (χ0v) is 13.8. The van der Waals surface area contributed by atoms with Crippen LogP contribution in [0, 0.1) is 6.92 Å². The summed E-state index contributed by atoms with van der Waals surface area (Å²) in [7, 11) is 1.63. The number of nitrogens with zero attached hydrogens (tertiary/aromatic N) is 1. The van der Waals surface area contributed by atoms with Crippen molar-refractivity contribution in [3.63, 3.8) is 0 Å². The number of methoxy groups -OCH3 is 1. The van der Waals surface area contributed by atoms with Crippen LogP contribution in [0.4, 0.5) is 0 Å². The normalized spacial score (nSPS) is 11.8. The second-order valence-corrected chi connectivity index (χ2v) is 5.62. The Labute approximate surface area is 132 Å². The molecule has 5 heteroatoms. The van der Waals surface area contributed by atoms with Gasteiger partial charge in [-0.1, -0.05) is 17.7 Å². The molecule has 1 N–H and O–H groups in total. The predicted molar refractivity (Wildman–Crippen MR) is 85.5 cm³/mol. The number of ether oxygens (including phenoxy) is 1. The summed E-state index contributed by atoms with van der Waals surface area (Å²) in [4.78, 5) is 16.3. The van der Waals surface area contributed by atoms with Gasteiger partial charge in [0.05, 0.1) is 18.7 Å². The van der Waals surface area contributed by atoms with Crippen LogP contribution in [0.3, 0.4) is 0 Å². The first-order valence-electron chi connectivity index (χ1n) is 6.58. The molecule has 0 bridgehead atoms. The molecule has 0 radical (unpaired) electrons. The van der Waals surface area contributed by atoms with Crippen molar-refractivity contribution in [1.29, 1.82) is 0 Å². The molecular weight excluding hydrogens is 332 g/mol. The zero-order valence-electron chi connectivity index (χ0n) is 12.2. The van der Waals surface area contributed by atoms with Gasteiger partial charge >= 0.3 is 0 Å². The van der Waals surface area contributed by atoms with Gasteiger partial charge in [0.2, 0.25) is 0 Å². The van der Waals surface area contributed by atoms with Crippen LogP contribution in [0.5, 0.6) is 5.75 Å². The quantitative estimate of drug-likeness (QED) is 0.858. The van der Waals surface area contributed by atoms with Crippen LogP contribution in [-0.2, 0) is 0 Å². The lowest BCUT2D eigenvalue weighted by Gasteiger charge is -2.18. The van der Waals surface area contributed by atoms with E-state index in [2.05, 4.69) is 26.2 Å². The van der Waals surface area contributed by atoms with Crippen molar-refractivity contribution >= 4 is 21.8 Å². The molecule has 0 saturated heterocycles. The lowest BCUT2D eigenvalue weighted by molar-refractivity contribution is 0.0939. The number of aryl methyl sites for hydroxylation is 1. The Kier molecular flexibility index (Phi) is 4.96. The summed E-state index contributed by atoms with van der Waals surface area (Å²) in [5.74, 6) is 0.605. The molecule has 0 aliphatic carbocycles.